The highest BCUT2D eigenvalue weighted by molar-refractivity contribution is 7.07. The zero-order chi connectivity index (χ0) is 12.8. The number of amides is 1. The van der Waals surface area contributed by atoms with E-state index >= 15 is 0 Å². The molecule has 1 heterocycles. The highest BCUT2D eigenvalue weighted by Gasteiger charge is 2.18. The number of carbonyl (C=O) groups is 2. The molecule has 0 aliphatic rings. The van der Waals surface area contributed by atoms with Crippen molar-refractivity contribution < 1.29 is 14.3 Å². The maximum absolute atomic E-state index is 11.8. The smallest absolute Gasteiger partial charge is 0.310 e. The fourth-order valence-corrected chi connectivity index (χ4v) is 2.16. The van der Waals surface area contributed by atoms with Gasteiger partial charge in [-0.2, -0.15) is 11.3 Å². The summed E-state index contributed by atoms with van der Waals surface area (Å²) in [6.45, 7) is 2.13. The monoisotopic (exact) mass is 255 g/mol. The van der Waals surface area contributed by atoms with Crippen molar-refractivity contribution in [2.24, 2.45) is 5.92 Å². The summed E-state index contributed by atoms with van der Waals surface area (Å²) in [7, 11) is 3.06. The van der Waals surface area contributed by atoms with E-state index in [-0.39, 0.29) is 17.8 Å². The number of esters is 1. The fourth-order valence-electron chi connectivity index (χ4n) is 1.49. The maximum atomic E-state index is 11.8. The Labute approximate surface area is 105 Å². The van der Waals surface area contributed by atoms with Crippen molar-refractivity contribution in [3.05, 3.63) is 22.4 Å². The minimum absolute atomic E-state index is 0.0131. The van der Waals surface area contributed by atoms with E-state index in [4.69, 9.17) is 0 Å². The first-order valence-electron chi connectivity index (χ1n) is 5.37. The van der Waals surface area contributed by atoms with Crippen LogP contribution in [0.15, 0.2) is 16.8 Å². The average molecular weight is 255 g/mol. The Morgan fingerprint density at radius 3 is 2.76 bits per heavy atom. The molecular weight excluding hydrogens is 238 g/mol. The summed E-state index contributed by atoms with van der Waals surface area (Å²) in [5, 5.41) is 3.90. The molecule has 0 spiro atoms. The largest absolute Gasteiger partial charge is 0.469 e. The summed E-state index contributed by atoms with van der Waals surface area (Å²) in [4.78, 5) is 24.6. The van der Waals surface area contributed by atoms with Crippen molar-refractivity contribution in [2.45, 2.75) is 13.3 Å². The molecule has 94 valence electrons. The van der Waals surface area contributed by atoms with Crippen LogP contribution in [0.25, 0.3) is 0 Å². The van der Waals surface area contributed by atoms with Crippen LogP contribution in [0.5, 0.6) is 0 Å². The molecule has 1 rings (SSSR count). The molecule has 1 aromatic rings. The first kappa shape index (κ1) is 13.7. The summed E-state index contributed by atoms with van der Waals surface area (Å²) in [6.07, 6.45) is 0.383. The quantitative estimate of drug-likeness (QED) is 0.750. The van der Waals surface area contributed by atoms with Crippen molar-refractivity contribution >= 4 is 23.2 Å². The molecule has 0 fully saturated rings. The van der Waals surface area contributed by atoms with Gasteiger partial charge in [0.2, 0.25) is 5.91 Å². The van der Waals surface area contributed by atoms with Crippen molar-refractivity contribution in [2.75, 3.05) is 20.7 Å². The van der Waals surface area contributed by atoms with Crippen LogP contribution in [-0.4, -0.2) is 37.5 Å². The van der Waals surface area contributed by atoms with Gasteiger partial charge in [-0.25, -0.2) is 0 Å². The molecule has 1 amide bonds. The minimum atomic E-state index is -0.295. The van der Waals surface area contributed by atoms with Crippen LogP contribution < -0.4 is 0 Å². The number of carbonyl (C=O) groups excluding carboxylic acids is 2. The van der Waals surface area contributed by atoms with E-state index in [9.17, 15) is 9.59 Å². The van der Waals surface area contributed by atoms with Crippen LogP contribution in [0.4, 0.5) is 0 Å². The molecule has 5 heteroatoms. The van der Waals surface area contributed by atoms with Crippen molar-refractivity contribution in [3.63, 3.8) is 0 Å². The highest BCUT2D eigenvalue weighted by Crippen LogP contribution is 2.09. The third kappa shape index (κ3) is 4.19. The molecule has 0 aliphatic carbocycles. The van der Waals surface area contributed by atoms with Crippen LogP contribution in [0.1, 0.15) is 12.5 Å². The molecule has 1 aromatic heterocycles. The maximum Gasteiger partial charge on any atom is 0.310 e. The lowest BCUT2D eigenvalue weighted by atomic mass is 10.1. The molecule has 0 bridgehead atoms. The Hall–Kier alpha value is -1.36. The van der Waals surface area contributed by atoms with Crippen molar-refractivity contribution in [1.82, 2.24) is 4.90 Å². The molecular formula is C12H17NO3S. The molecule has 0 radical (unpaired) electrons. The van der Waals surface area contributed by atoms with E-state index in [1.54, 1.807) is 30.2 Å². The van der Waals surface area contributed by atoms with Gasteiger partial charge in [-0.15, -0.1) is 0 Å². The Morgan fingerprint density at radius 1 is 1.53 bits per heavy atom. The molecule has 0 aromatic carbocycles. The Morgan fingerprint density at radius 2 is 2.24 bits per heavy atom. The van der Waals surface area contributed by atoms with E-state index in [2.05, 4.69) is 4.74 Å². The topological polar surface area (TPSA) is 46.6 Å². The van der Waals surface area contributed by atoms with Gasteiger partial charge in [0.05, 0.1) is 19.4 Å². The van der Waals surface area contributed by atoms with Gasteiger partial charge in [0, 0.05) is 13.6 Å². The summed E-state index contributed by atoms with van der Waals surface area (Å²) in [5.41, 5.74) is 1.01. The van der Waals surface area contributed by atoms with E-state index < -0.39 is 0 Å². The number of ether oxygens (including phenoxy) is 1. The molecule has 0 saturated carbocycles. The third-order valence-electron chi connectivity index (χ3n) is 2.51. The van der Waals surface area contributed by atoms with Crippen molar-refractivity contribution in [3.8, 4) is 0 Å². The van der Waals surface area contributed by atoms with Crippen LogP contribution in [0.2, 0.25) is 0 Å². The number of hydrogen-bond donors (Lipinski definition) is 0. The minimum Gasteiger partial charge on any atom is -0.469 e. The van der Waals surface area contributed by atoms with E-state index in [0.29, 0.717) is 13.0 Å². The predicted octanol–water partition coefficient (Wildman–Crippen LogP) is 1.56. The predicted molar refractivity (Wildman–Crippen MR) is 66.8 cm³/mol. The zero-order valence-electron chi connectivity index (χ0n) is 10.3. The Bertz CT molecular complexity index is 375. The second kappa shape index (κ2) is 6.39. The molecule has 0 aliphatic heterocycles. The zero-order valence-corrected chi connectivity index (χ0v) is 11.1. The van der Waals surface area contributed by atoms with Gasteiger partial charge in [-0.1, -0.05) is 6.92 Å². The van der Waals surface area contributed by atoms with Gasteiger partial charge >= 0.3 is 5.97 Å². The van der Waals surface area contributed by atoms with Crippen LogP contribution in [0, 0.1) is 5.92 Å². The number of rotatable bonds is 5. The number of likely N-dealkylation sites (N-methyl/N-ethyl adjacent to an activating group) is 1. The van der Waals surface area contributed by atoms with Crippen LogP contribution in [-0.2, 0) is 20.7 Å². The molecule has 1 unspecified atom stereocenters. The van der Waals surface area contributed by atoms with Gasteiger partial charge in [0.15, 0.2) is 0 Å². The summed E-state index contributed by atoms with van der Waals surface area (Å²) in [6, 6.07) is 1.93. The summed E-state index contributed by atoms with van der Waals surface area (Å²) >= 11 is 1.57. The molecule has 0 N–H and O–H groups in total. The second-order valence-corrected chi connectivity index (χ2v) is 4.79. The number of hydrogen-bond acceptors (Lipinski definition) is 4. The van der Waals surface area contributed by atoms with Gasteiger partial charge in [-0.05, 0) is 22.4 Å². The summed E-state index contributed by atoms with van der Waals surface area (Å²) < 4.78 is 4.62. The standard InChI is InChI=1S/C12H17NO3S/c1-9(12(15)16-3)7-13(2)11(14)6-10-4-5-17-8-10/h4-5,8-9H,6-7H2,1-3H3. The first-order chi connectivity index (χ1) is 8.04. The van der Waals surface area contributed by atoms with E-state index in [1.807, 2.05) is 16.8 Å². The van der Waals surface area contributed by atoms with Crippen LogP contribution in [0.3, 0.4) is 0 Å². The average Bonchev–Trinajstić information content (AvgIpc) is 2.80. The third-order valence-corrected chi connectivity index (χ3v) is 3.24. The van der Waals surface area contributed by atoms with Gasteiger partial charge in [-0.3, -0.25) is 9.59 Å². The summed E-state index contributed by atoms with van der Waals surface area (Å²) in [5.74, 6) is -0.573. The Kier molecular flexibility index (Phi) is 5.15. The second-order valence-electron chi connectivity index (χ2n) is 4.01. The molecule has 17 heavy (non-hydrogen) atoms. The normalized spacial score (nSPS) is 11.9. The lowest BCUT2D eigenvalue weighted by Crippen LogP contribution is -2.35. The lowest BCUT2D eigenvalue weighted by Gasteiger charge is -2.20. The number of nitrogens with zero attached hydrogens (tertiary/aromatic N) is 1. The van der Waals surface area contributed by atoms with Crippen molar-refractivity contribution in [1.29, 1.82) is 0 Å². The fraction of sp³-hybridized carbons (Fsp3) is 0.500. The number of methoxy groups -OCH3 is 1. The van der Waals surface area contributed by atoms with E-state index in [0.717, 1.165) is 5.56 Å². The highest BCUT2D eigenvalue weighted by atomic mass is 32.1. The van der Waals surface area contributed by atoms with Gasteiger partial charge < -0.3 is 9.64 Å². The van der Waals surface area contributed by atoms with Gasteiger partial charge in [0.25, 0.3) is 0 Å². The SMILES string of the molecule is COC(=O)C(C)CN(C)C(=O)Cc1ccsc1. The van der Waals surface area contributed by atoms with E-state index in [1.165, 1.54) is 7.11 Å². The molecule has 4 nitrogen and oxygen atoms in total. The van der Waals surface area contributed by atoms with Crippen LogP contribution >= 0.6 is 11.3 Å². The first-order valence-corrected chi connectivity index (χ1v) is 6.31. The Balaban J connectivity index is 2.44. The molecule has 0 saturated heterocycles. The lowest BCUT2D eigenvalue weighted by molar-refractivity contribution is -0.146. The van der Waals surface area contributed by atoms with Gasteiger partial charge in [0.1, 0.15) is 0 Å². The number of thiophene rings is 1. The molecule has 1 atom stereocenters.